The number of likely N-dealkylation sites (tertiary alicyclic amines) is 1. The number of amides is 1. The molecule has 0 radical (unpaired) electrons. The largest absolute Gasteiger partial charge is 0.437 e. The van der Waals surface area contributed by atoms with Gasteiger partial charge in [0, 0.05) is 67.2 Å². The summed E-state index contributed by atoms with van der Waals surface area (Å²) in [5.41, 5.74) is 2.59. The maximum Gasteiger partial charge on any atom is 0.220 e. The van der Waals surface area contributed by atoms with Crippen LogP contribution in [-0.2, 0) is 21.2 Å². The third-order valence-corrected chi connectivity index (χ3v) is 11.0. The lowest BCUT2D eigenvalue weighted by Crippen LogP contribution is -2.47. The van der Waals surface area contributed by atoms with Crippen LogP contribution in [0, 0.1) is 5.92 Å². The lowest BCUT2D eigenvalue weighted by atomic mass is 9.96. The van der Waals surface area contributed by atoms with Crippen LogP contribution in [0.5, 0.6) is 11.6 Å². The molecule has 13 heteroatoms. The SMILES string of the molecule is CC(CCN1CCN(c2ccc(Oc3cc(CN4CCC(CNC=O)CC4)cc(-c4cc(Cl)cc(Cl)c4)n3)cn2)CC1)S(C)(=O)=O. The van der Waals surface area contributed by atoms with Crippen molar-refractivity contribution >= 4 is 45.3 Å². The van der Waals surface area contributed by atoms with Crippen molar-refractivity contribution in [3.05, 3.63) is 64.3 Å². The van der Waals surface area contributed by atoms with E-state index in [1.54, 1.807) is 19.2 Å². The van der Waals surface area contributed by atoms with Gasteiger partial charge in [0.25, 0.3) is 0 Å². The Kier molecular flexibility index (Phi) is 11.8. The number of piperazine rings is 1. The van der Waals surface area contributed by atoms with Crippen LogP contribution in [0.4, 0.5) is 5.82 Å². The van der Waals surface area contributed by atoms with Gasteiger partial charge in [-0.25, -0.2) is 18.4 Å². The van der Waals surface area contributed by atoms with Gasteiger partial charge in [0.1, 0.15) is 21.4 Å². The summed E-state index contributed by atoms with van der Waals surface area (Å²) in [5.74, 6) is 2.41. The van der Waals surface area contributed by atoms with E-state index in [4.69, 9.17) is 32.9 Å². The third kappa shape index (κ3) is 9.78. The molecule has 5 rings (SSSR count). The molecular weight excluding hydrogens is 647 g/mol. The minimum atomic E-state index is -3.01. The Labute approximate surface area is 282 Å². The highest BCUT2D eigenvalue weighted by Crippen LogP contribution is 2.31. The molecule has 2 aromatic heterocycles. The molecule has 4 heterocycles. The minimum absolute atomic E-state index is 0.329. The van der Waals surface area contributed by atoms with E-state index in [9.17, 15) is 13.2 Å². The Morgan fingerprint density at radius 3 is 2.35 bits per heavy atom. The summed E-state index contributed by atoms with van der Waals surface area (Å²) in [6.45, 7) is 9.26. The highest BCUT2D eigenvalue weighted by atomic mass is 35.5. The third-order valence-electron chi connectivity index (χ3n) is 8.85. The molecule has 2 aliphatic rings. The van der Waals surface area contributed by atoms with Crippen LogP contribution < -0.4 is 15.0 Å². The summed E-state index contributed by atoms with van der Waals surface area (Å²) in [6.07, 6.45) is 6.50. The molecule has 1 unspecified atom stereocenters. The van der Waals surface area contributed by atoms with Crippen LogP contribution in [0.2, 0.25) is 10.0 Å². The fourth-order valence-electron chi connectivity index (χ4n) is 5.89. The molecule has 2 fully saturated rings. The predicted octanol–water partition coefficient (Wildman–Crippen LogP) is 5.15. The number of nitrogens with one attached hydrogen (secondary N) is 1. The van der Waals surface area contributed by atoms with Gasteiger partial charge in [0.2, 0.25) is 12.3 Å². The van der Waals surface area contributed by atoms with E-state index >= 15 is 0 Å². The number of hydrogen-bond acceptors (Lipinski definition) is 9. The molecule has 2 saturated heterocycles. The maximum absolute atomic E-state index is 11.8. The van der Waals surface area contributed by atoms with Gasteiger partial charge in [-0.2, -0.15) is 0 Å². The van der Waals surface area contributed by atoms with Gasteiger partial charge in [-0.3, -0.25) is 14.6 Å². The maximum atomic E-state index is 11.8. The van der Waals surface area contributed by atoms with Gasteiger partial charge < -0.3 is 15.0 Å². The van der Waals surface area contributed by atoms with Crippen molar-refractivity contribution in [2.75, 3.05) is 63.5 Å². The van der Waals surface area contributed by atoms with E-state index < -0.39 is 9.84 Å². The number of anilines is 1. The first-order valence-corrected chi connectivity index (χ1v) is 18.4. The molecule has 0 aliphatic carbocycles. The molecule has 1 atom stereocenters. The summed E-state index contributed by atoms with van der Waals surface area (Å²) in [5, 5.41) is 3.55. The summed E-state index contributed by atoms with van der Waals surface area (Å²) in [4.78, 5) is 27.1. The van der Waals surface area contributed by atoms with E-state index in [1.807, 2.05) is 30.3 Å². The van der Waals surface area contributed by atoms with Crippen molar-refractivity contribution in [1.29, 1.82) is 0 Å². The zero-order valence-corrected chi connectivity index (χ0v) is 28.7. The van der Waals surface area contributed by atoms with E-state index in [0.29, 0.717) is 34.0 Å². The second kappa shape index (κ2) is 15.8. The quantitative estimate of drug-likeness (QED) is 0.244. The Balaban J connectivity index is 1.24. The lowest BCUT2D eigenvalue weighted by Gasteiger charge is -2.35. The number of piperidine rings is 1. The number of sulfone groups is 1. The molecular formula is C33H42Cl2N6O4S. The highest BCUT2D eigenvalue weighted by Gasteiger charge is 2.22. The monoisotopic (exact) mass is 688 g/mol. The van der Waals surface area contributed by atoms with Crippen molar-refractivity contribution in [2.24, 2.45) is 5.92 Å². The first-order chi connectivity index (χ1) is 22.1. The molecule has 0 bridgehead atoms. The molecule has 0 saturated carbocycles. The van der Waals surface area contributed by atoms with E-state index in [1.165, 1.54) is 6.26 Å². The normalized spacial score (nSPS) is 17.5. The van der Waals surface area contributed by atoms with Crippen LogP contribution >= 0.6 is 23.2 Å². The summed E-state index contributed by atoms with van der Waals surface area (Å²) < 4.78 is 29.8. The number of pyridine rings is 2. The van der Waals surface area contributed by atoms with Gasteiger partial charge in [0.05, 0.1) is 17.1 Å². The second-order valence-electron chi connectivity index (χ2n) is 12.3. The molecule has 248 valence electrons. The van der Waals surface area contributed by atoms with Gasteiger partial charge in [-0.05, 0) is 93.7 Å². The van der Waals surface area contributed by atoms with Crippen LogP contribution in [-0.4, -0.2) is 98.5 Å². The van der Waals surface area contributed by atoms with Gasteiger partial charge >= 0.3 is 0 Å². The summed E-state index contributed by atoms with van der Waals surface area (Å²) in [6, 6.07) is 13.3. The molecule has 46 heavy (non-hydrogen) atoms. The summed E-state index contributed by atoms with van der Waals surface area (Å²) >= 11 is 12.7. The fourth-order valence-corrected chi connectivity index (χ4v) is 6.95. The zero-order chi connectivity index (χ0) is 32.7. The predicted molar refractivity (Wildman–Crippen MR) is 184 cm³/mol. The van der Waals surface area contributed by atoms with Crippen LogP contribution in [0.25, 0.3) is 11.3 Å². The Morgan fingerprint density at radius 1 is 1.00 bits per heavy atom. The second-order valence-corrected chi connectivity index (χ2v) is 15.7. The number of nitrogens with zero attached hydrogens (tertiary/aromatic N) is 5. The zero-order valence-electron chi connectivity index (χ0n) is 26.4. The molecule has 10 nitrogen and oxygen atoms in total. The summed E-state index contributed by atoms with van der Waals surface area (Å²) in [7, 11) is -3.01. The Morgan fingerprint density at radius 2 is 1.72 bits per heavy atom. The van der Waals surface area contributed by atoms with Crippen LogP contribution in [0.15, 0.2) is 48.7 Å². The number of halogens is 2. The van der Waals surface area contributed by atoms with Crippen molar-refractivity contribution in [2.45, 2.75) is 38.0 Å². The van der Waals surface area contributed by atoms with Crippen LogP contribution in [0.1, 0.15) is 31.7 Å². The Hall–Kier alpha value is -2.96. The average molecular weight is 690 g/mol. The standard InChI is InChI=1S/C33H42Cl2N6O4S/c1-24(46(2,43)44)5-8-39-11-13-41(14-12-39)32-4-3-30(21-37-32)45-33-16-26(22-40-9-6-25(7-10-40)20-36-23-42)15-31(38-33)27-17-28(34)19-29(35)18-27/h3-4,15-19,21,23-25H,5-14,20,22H2,1-2H3,(H,36,42). The van der Waals surface area contributed by atoms with Gasteiger partial charge in [-0.1, -0.05) is 23.2 Å². The number of ether oxygens (including phenoxy) is 1. The first-order valence-electron chi connectivity index (χ1n) is 15.7. The molecule has 3 aromatic rings. The topological polar surface area (TPSA) is 108 Å². The van der Waals surface area contributed by atoms with Crippen molar-refractivity contribution < 1.29 is 17.9 Å². The number of rotatable bonds is 13. The van der Waals surface area contributed by atoms with E-state index in [0.717, 1.165) is 101 Å². The van der Waals surface area contributed by atoms with Crippen molar-refractivity contribution in [3.63, 3.8) is 0 Å². The number of carbonyl (C=O) groups excluding carboxylic acids is 1. The average Bonchev–Trinajstić information content (AvgIpc) is 3.03. The number of carbonyl (C=O) groups is 1. The smallest absolute Gasteiger partial charge is 0.220 e. The van der Waals surface area contributed by atoms with Gasteiger partial charge in [0.15, 0.2) is 0 Å². The number of hydrogen-bond donors (Lipinski definition) is 1. The number of aromatic nitrogens is 2. The molecule has 2 aliphatic heterocycles. The molecule has 0 spiro atoms. The van der Waals surface area contributed by atoms with E-state index in [-0.39, 0.29) is 5.25 Å². The molecule has 1 aromatic carbocycles. The molecule has 1 N–H and O–H groups in total. The minimum Gasteiger partial charge on any atom is -0.437 e. The highest BCUT2D eigenvalue weighted by molar-refractivity contribution is 7.91. The number of benzene rings is 1. The first kappa shape index (κ1) is 34.4. The van der Waals surface area contributed by atoms with Gasteiger partial charge in [-0.15, -0.1) is 0 Å². The van der Waals surface area contributed by atoms with E-state index in [2.05, 4.69) is 31.1 Å². The van der Waals surface area contributed by atoms with Crippen LogP contribution in [0.3, 0.4) is 0 Å². The van der Waals surface area contributed by atoms with Crippen molar-refractivity contribution in [3.8, 4) is 22.9 Å². The van der Waals surface area contributed by atoms with Crippen molar-refractivity contribution in [1.82, 2.24) is 25.1 Å². The lowest BCUT2D eigenvalue weighted by molar-refractivity contribution is -0.109. The fraction of sp³-hybridized carbons (Fsp3) is 0.485. The molecule has 1 amide bonds. The Bertz CT molecular complexity index is 1560.